The lowest BCUT2D eigenvalue weighted by molar-refractivity contribution is -0.119. The van der Waals surface area contributed by atoms with E-state index in [-0.39, 0.29) is 0 Å². The first kappa shape index (κ1) is 16.4. The number of fused-ring (bicyclic) bond motifs is 2. The van der Waals surface area contributed by atoms with Crippen LogP contribution in [0.25, 0.3) is 10.9 Å². The van der Waals surface area contributed by atoms with E-state index < -0.39 is 18.5 Å². The number of H-pyrrole nitrogens is 1. The van der Waals surface area contributed by atoms with Crippen LogP contribution >= 0.6 is 11.3 Å². The van der Waals surface area contributed by atoms with E-state index >= 15 is 0 Å². The van der Waals surface area contributed by atoms with Gasteiger partial charge in [-0.1, -0.05) is 18.2 Å². The number of aromatic amines is 1. The lowest BCUT2D eigenvalue weighted by Gasteiger charge is -2.05. The Labute approximate surface area is 153 Å². The first-order valence-electron chi connectivity index (χ1n) is 8.25. The number of carbonyl (C=O) groups is 2. The van der Waals surface area contributed by atoms with Gasteiger partial charge < -0.3 is 15.0 Å². The summed E-state index contributed by atoms with van der Waals surface area (Å²) in [6.07, 6.45) is 2.87. The topological polar surface area (TPSA) is 95.0 Å². The summed E-state index contributed by atoms with van der Waals surface area (Å²) in [7, 11) is 0. The molecule has 1 aliphatic carbocycles. The van der Waals surface area contributed by atoms with Gasteiger partial charge in [0.15, 0.2) is 6.61 Å². The van der Waals surface area contributed by atoms with Gasteiger partial charge in [-0.2, -0.15) is 5.26 Å². The fourth-order valence-corrected chi connectivity index (χ4v) is 4.42. The van der Waals surface area contributed by atoms with Gasteiger partial charge in [0.25, 0.3) is 5.91 Å². The number of nitrogens with zero attached hydrogens (tertiary/aromatic N) is 1. The molecule has 0 saturated heterocycles. The number of nitriles is 1. The number of hydrogen-bond acceptors (Lipinski definition) is 5. The number of amides is 1. The van der Waals surface area contributed by atoms with Crippen molar-refractivity contribution in [1.29, 1.82) is 5.26 Å². The second kappa shape index (κ2) is 6.65. The molecule has 0 atom stereocenters. The van der Waals surface area contributed by atoms with E-state index in [4.69, 9.17) is 4.74 Å². The van der Waals surface area contributed by atoms with Crippen molar-refractivity contribution in [2.24, 2.45) is 0 Å². The number of anilines is 1. The fourth-order valence-electron chi connectivity index (χ4n) is 3.17. The van der Waals surface area contributed by atoms with E-state index in [0.29, 0.717) is 16.3 Å². The van der Waals surface area contributed by atoms with Crippen molar-refractivity contribution in [2.75, 3.05) is 11.9 Å². The Morgan fingerprint density at radius 2 is 2.15 bits per heavy atom. The van der Waals surface area contributed by atoms with Crippen LogP contribution in [0, 0.1) is 11.3 Å². The number of para-hydroxylation sites is 1. The number of benzene rings is 1. The van der Waals surface area contributed by atoms with E-state index in [1.165, 1.54) is 11.3 Å². The molecule has 7 heteroatoms. The number of aryl methyl sites for hydroxylation is 1. The number of carbonyl (C=O) groups excluding carboxylic acids is 2. The zero-order chi connectivity index (χ0) is 18.1. The van der Waals surface area contributed by atoms with Crippen molar-refractivity contribution in [2.45, 2.75) is 19.3 Å². The van der Waals surface area contributed by atoms with Gasteiger partial charge in [-0.15, -0.1) is 11.3 Å². The fraction of sp³-hybridized carbons (Fsp3) is 0.211. The number of hydrogen-bond donors (Lipinski definition) is 2. The number of thiophene rings is 1. The standard InChI is InChI=1S/C19H15N3O3S/c20-9-13-12-5-3-7-16(12)26-18(13)22-17(23)10-25-19(24)15-8-11-4-1-2-6-14(11)21-15/h1-2,4,6,8,21H,3,5,7,10H2,(H,22,23). The van der Waals surface area contributed by atoms with Gasteiger partial charge in [0.2, 0.25) is 0 Å². The first-order chi connectivity index (χ1) is 12.7. The van der Waals surface area contributed by atoms with Gasteiger partial charge in [0.1, 0.15) is 16.8 Å². The molecule has 2 N–H and O–H groups in total. The summed E-state index contributed by atoms with van der Waals surface area (Å²) in [5.74, 6) is -1.04. The molecular formula is C19H15N3O3S. The third-order valence-electron chi connectivity index (χ3n) is 4.37. The van der Waals surface area contributed by atoms with Crippen molar-refractivity contribution < 1.29 is 14.3 Å². The smallest absolute Gasteiger partial charge is 0.355 e. The molecule has 0 saturated carbocycles. The lowest BCUT2D eigenvalue weighted by atomic mass is 10.1. The van der Waals surface area contributed by atoms with Gasteiger partial charge in [0.05, 0.1) is 5.56 Å². The molecule has 0 bridgehead atoms. The molecule has 0 spiro atoms. The van der Waals surface area contributed by atoms with E-state index in [2.05, 4.69) is 16.4 Å². The Kier molecular flexibility index (Phi) is 4.19. The summed E-state index contributed by atoms with van der Waals surface area (Å²) in [6, 6.07) is 11.3. The van der Waals surface area contributed by atoms with Gasteiger partial charge in [-0.05, 0) is 37.0 Å². The molecule has 1 aromatic carbocycles. The van der Waals surface area contributed by atoms with Gasteiger partial charge in [-0.3, -0.25) is 4.79 Å². The molecule has 26 heavy (non-hydrogen) atoms. The molecule has 3 aromatic rings. The van der Waals surface area contributed by atoms with E-state index in [1.807, 2.05) is 24.3 Å². The number of aromatic nitrogens is 1. The highest BCUT2D eigenvalue weighted by Gasteiger charge is 2.23. The SMILES string of the molecule is N#Cc1c(NC(=O)COC(=O)c2cc3ccccc3[nH]2)sc2c1CCC2. The summed E-state index contributed by atoms with van der Waals surface area (Å²) in [5.41, 5.74) is 2.71. The largest absolute Gasteiger partial charge is 0.451 e. The second-order valence-corrected chi connectivity index (χ2v) is 7.17. The number of ether oxygens (including phenoxy) is 1. The molecule has 6 nitrogen and oxygen atoms in total. The predicted molar refractivity (Wildman–Crippen MR) is 98.3 cm³/mol. The van der Waals surface area contributed by atoms with Crippen LogP contribution in [0.2, 0.25) is 0 Å². The first-order valence-corrected chi connectivity index (χ1v) is 9.06. The van der Waals surface area contributed by atoms with Crippen molar-refractivity contribution in [3.8, 4) is 6.07 Å². The lowest BCUT2D eigenvalue weighted by Crippen LogP contribution is -2.21. The number of esters is 1. The van der Waals surface area contributed by atoms with E-state index in [0.717, 1.165) is 40.6 Å². The van der Waals surface area contributed by atoms with Crippen LogP contribution in [0.4, 0.5) is 5.00 Å². The van der Waals surface area contributed by atoms with Gasteiger partial charge in [-0.25, -0.2) is 4.79 Å². The van der Waals surface area contributed by atoms with Crippen LogP contribution in [0.5, 0.6) is 0 Å². The minimum absolute atomic E-state index is 0.298. The van der Waals surface area contributed by atoms with Crippen LogP contribution < -0.4 is 5.32 Å². The van der Waals surface area contributed by atoms with Crippen LogP contribution in [0.15, 0.2) is 30.3 Å². The molecule has 130 valence electrons. The summed E-state index contributed by atoms with van der Waals surface area (Å²) >= 11 is 1.43. The number of nitrogens with one attached hydrogen (secondary N) is 2. The summed E-state index contributed by atoms with van der Waals surface area (Å²) < 4.78 is 5.08. The Bertz CT molecular complexity index is 1020. The minimum Gasteiger partial charge on any atom is -0.451 e. The monoisotopic (exact) mass is 365 g/mol. The Morgan fingerprint density at radius 3 is 2.96 bits per heavy atom. The highest BCUT2D eigenvalue weighted by Crippen LogP contribution is 2.38. The molecular weight excluding hydrogens is 350 g/mol. The number of rotatable bonds is 4. The maximum atomic E-state index is 12.1. The van der Waals surface area contributed by atoms with Crippen LogP contribution in [-0.4, -0.2) is 23.5 Å². The highest BCUT2D eigenvalue weighted by molar-refractivity contribution is 7.16. The predicted octanol–water partition coefficient (Wildman–Crippen LogP) is 3.39. The molecule has 0 unspecified atom stereocenters. The van der Waals surface area contributed by atoms with Crippen molar-refractivity contribution in [3.63, 3.8) is 0 Å². The van der Waals surface area contributed by atoms with Gasteiger partial charge >= 0.3 is 5.97 Å². The van der Waals surface area contributed by atoms with E-state index in [1.54, 1.807) is 6.07 Å². The van der Waals surface area contributed by atoms with Crippen LogP contribution in [0.3, 0.4) is 0 Å². The molecule has 2 heterocycles. The Hall–Kier alpha value is -3.11. The quantitative estimate of drug-likeness (QED) is 0.693. The molecule has 4 rings (SSSR count). The van der Waals surface area contributed by atoms with Crippen molar-refractivity contribution in [3.05, 3.63) is 52.0 Å². The maximum absolute atomic E-state index is 12.1. The molecule has 0 radical (unpaired) electrons. The Morgan fingerprint density at radius 1 is 1.31 bits per heavy atom. The summed E-state index contributed by atoms with van der Waals surface area (Å²) in [6.45, 7) is -0.401. The Balaban J connectivity index is 1.40. The molecule has 0 aliphatic heterocycles. The van der Waals surface area contributed by atoms with E-state index in [9.17, 15) is 14.9 Å². The molecule has 1 amide bonds. The summed E-state index contributed by atoms with van der Waals surface area (Å²) in [4.78, 5) is 28.4. The molecule has 0 fully saturated rings. The van der Waals surface area contributed by atoms with Crippen molar-refractivity contribution >= 4 is 39.1 Å². The maximum Gasteiger partial charge on any atom is 0.355 e. The third kappa shape index (κ3) is 2.95. The average Bonchev–Trinajstić information content (AvgIpc) is 3.33. The third-order valence-corrected chi connectivity index (χ3v) is 5.58. The molecule has 2 aromatic heterocycles. The zero-order valence-electron chi connectivity index (χ0n) is 13.8. The second-order valence-electron chi connectivity index (χ2n) is 6.07. The normalized spacial score (nSPS) is 12.6. The van der Waals surface area contributed by atoms with Crippen LogP contribution in [0.1, 0.15) is 32.9 Å². The van der Waals surface area contributed by atoms with Gasteiger partial charge in [0, 0.05) is 15.8 Å². The zero-order valence-corrected chi connectivity index (χ0v) is 14.6. The minimum atomic E-state index is -0.592. The highest BCUT2D eigenvalue weighted by atomic mass is 32.1. The van der Waals surface area contributed by atoms with Crippen molar-refractivity contribution in [1.82, 2.24) is 4.98 Å². The molecule has 1 aliphatic rings. The van der Waals surface area contributed by atoms with Crippen LogP contribution in [-0.2, 0) is 22.4 Å². The summed E-state index contributed by atoms with van der Waals surface area (Å²) in [5, 5.41) is 13.5. The average molecular weight is 365 g/mol.